The average Bonchev–Trinajstić information content (AvgIpc) is 3.25. The van der Waals surface area contributed by atoms with Crippen LogP contribution in [0.1, 0.15) is 96.0 Å². The van der Waals surface area contributed by atoms with Crippen LogP contribution < -0.4 is 9.88 Å². The van der Waals surface area contributed by atoms with Crippen LogP contribution in [-0.4, -0.2) is 10.5 Å². The Kier molecular flexibility index (Phi) is 8.58. The minimum absolute atomic E-state index is 0.0567. The van der Waals surface area contributed by atoms with Crippen LogP contribution in [0.2, 0.25) is 0 Å². The van der Waals surface area contributed by atoms with Crippen LogP contribution in [0.25, 0.3) is 0 Å². The van der Waals surface area contributed by atoms with Gasteiger partial charge in [0.25, 0.3) is 5.91 Å². The summed E-state index contributed by atoms with van der Waals surface area (Å²) in [7, 11) is 0. The minimum Gasteiger partial charge on any atom is -0.348 e. The van der Waals surface area contributed by atoms with E-state index in [4.69, 9.17) is 0 Å². The Morgan fingerprint density at radius 3 is 2.14 bits per heavy atom. The number of imidazole rings is 1. The first-order valence-electron chi connectivity index (χ1n) is 13.0. The molecule has 35 heavy (non-hydrogen) atoms. The van der Waals surface area contributed by atoms with Crippen LogP contribution in [-0.2, 0) is 28.7 Å². The summed E-state index contributed by atoms with van der Waals surface area (Å²) in [5.74, 6) is 0.0828. The summed E-state index contributed by atoms with van der Waals surface area (Å²) in [5.41, 5.74) is 5.14. The van der Waals surface area contributed by atoms with Gasteiger partial charge in [0, 0.05) is 6.54 Å². The van der Waals surface area contributed by atoms with E-state index in [0.29, 0.717) is 6.54 Å². The quantitative estimate of drug-likeness (QED) is 0.355. The first kappa shape index (κ1) is 26.7. The number of rotatable bonds is 9. The Balaban J connectivity index is 1.77. The molecule has 1 heterocycles. The van der Waals surface area contributed by atoms with Crippen LogP contribution in [0, 0.1) is 0 Å². The van der Waals surface area contributed by atoms with E-state index in [1.165, 1.54) is 16.7 Å². The first-order valence-corrected chi connectivity index (χ1v) is 13.0. The predicted molar refractivity (Wildman–Crippen MR) is 144 cm³/mol. The number of carbonyl (C=O) groups is 1. The molecule has 0 aliphatic heterocycles. The number of benzene rings is 2. The third-order valence-corrected chi connectivity index (χ3v) is 6.61. The number of hydrogen-bond acceptors (Lipinski definition) is 1. The van der Waals surface area contributed by atoms with Gasteiger partial charge in [0.05, 0.1) is 0 Å². The molecule has 1 amide bonds. The van der Waals surface area contributed by atoms with E-state index in [1.54, 1.807) is 0 Å². The molecule has 0 radical (unpaired) electrons. The predicted octanol–water partition coefficient (Wildman–Crippen LogP) is 6.47. The first-order chi connectivity index (χ1) is 16.5. The lowest BCUT2D eigenvalue weighted by atomic mass is 9.79. The number of aromatic nitrogens is 2. The lowest BCUT2D eigenvalue weighted by Gasteiger charge is -2.26. The van der Waals surface area contributed by atoms with Crippen molar-refractivity contribution in [3.05, 3.63) is 89.5 Å². The van der Waals surface area contributed by atoms with E-state index in [9.17, 15) is 4.79 Å². The Bertz CT molecular complexity index is 1070. The lowest BCUT2D eigenvalue weighted by Crippen LogP contribution is -2.35. The van der Waals surface area contributed by atoms with Gasteiger partial charge in [-0.05, 0) is 45.9 Å². The van der Waals surface area contributed by atoms with Crippen LogP contribution in [0.5, 0.6) is 0 Å². The number of nitrogens with zero attached hydrogens (tertiary/aromatic N) is 2. The summed E-state index contributed by atoms with van der Waals surface area (Å²) in [4.78, 5) is 13.4. The zero-order valence-corrected chi connectivity index (χ0v) is 22.8. The highest BCUT2D eigenvalue weighted by atomic mass is 16.2. The fraction of sp³-hybridized carbons (Fsp3) is 0.484. The van der Waals surface area contributed by atoms with Gasteiger partial charge < -0.3 is 5.32 Å². The van der Waals surface area contributed by atoms with E-state index in [0.717, 1.165) is 31.4 Å². The topological polar surface area (TPSA) is 37.9 Å². The zero-order valence-electron chi connectivity index (χ0n) is 22.8. The molecule has 0 spiro atoms. The molecule has 0 unspecified atom stereocenters. The fourth-order valence-corrected chi connectivity index (χ4v) is 4.26. The maximum absolute atomic E-state index is 13.4. The van der Waals surface area contributed by atoms with Gasteiger partial charge in [-0.1, -0.05) is 103 Å². The number of carbonyl (C=O) groups excluding carboxylic acids is 1. The summed E-state index contributed by atoms with van der Waals surface area (Å²) < 4.78 is 4.21. The van der Waals surface area contributed by atoms with Crippen LogP contribution >= 0.6 is 0 Å². The highest BCUT2D eigenvalue weighted by Crippen LogP contribution is 2.30. The third kappa shape index (κ3) is 7.55. The molecule has 4 nitrogen and oxygen atoms in total. The number of amides is 1. The van der Waals surface area contributed by atoms with E-state index >= 15 is 0 Å². The molecule has 0 aliphatic rings. The molecule has 0 saturated carbocycles. The Morgan fingerprint density at radius 2 is 1.57 bits per heavy atom. The Hall–Kier alpha value is -2.88. The molecular formula is C31H44N3O+. The molecule has 0 saturated heterocycles. The van der Waals surface area contributed by atoms with Crippen molar-refractivity contribution >= 4 is 5.91 Å². The van der Waals surface area contributed by atoms with Crippen molar-refractivity contribution in [2.75, 3.05) is 0 Å². The Labute approximate surface area is 212 Å². The van der Waals surface area contributed by atoms with Gasteiger partial charge in [0.15, 0.2) is 6.04 Å². The van der Waals surface area contributed by atoms with Gasteiger partial charge in [-0.25, -0.2) is 9.13 Å². The number of unbranched alkanes of at least 4 members (excludes halogenated alkanes) is 1. The van der Waals surface area contributed by atoms with Gasteiger partial charge in [-0.2, -0.15) is 0 Å². The van der Waals surface area contributed by atoms with Crippen molar-refractivity contribution in [3.8, 4) is 0 Å². The molecule has 1 N–H and O–H groups in total. The molecule has 3 rings (SSSR count). The summed E-state index contributed by atoms with van der Waals surface area (Å²) in [6.07, 6.45) is 9.06. The van der Waals surface area contributed by atoms with Crippen LogP contribution in [0.15, 0.2) is 67.3 Å². The van der Waals surface area contributed by atoms with Gasteiger partial charge in [0.2, 0.25) is 6.33 Å². The van der Waals surface area contributed by atoms with E-state index in [2.05, 4.69) is 118 Å². The van der Waals surface area contributed by atoms with Crippen molar-refractivity contribution in [2.24, 2.45) is 0 Å². The van der Waals surface area contributed by atoms with Gasteiger partial charge in [-0.3, -0.25) is 4.79 Å². The van der Waals surface area contributed by atoms with Crippen molar-refractivity contribution in [3.63, 3.8) is 0 Å². The molecule has 188 valence electrons. The maximum Gasteiger partial charge on any atom is 0.265 e. The van der Waals surface area contributed by atoms with Crippen molar-refractivity contribution in [2.45, 2.75) is 97.7 Å². The largest absolute Gasteiger partial charge is 0.348 e. The smallest absolute Gasteiger partial charge is 0.265 e. The highest BCUT2D eigenvalue weighted by molar-refractivity contribution is 5.80. The van der Waals surface area contributed by atoms with Gasteiger partial charge in [-0.15, -0.1) is 0 Å². The average molecular weight is 475 g/mol. The molecule has 1 aromatic heterocycles. The van der Waals surface area contributed by atoms with Crippen molar-refractivity contribution < 1.29 is 9.36 Å². The standard InChI is InChI=1S/C31H43N3O/c1-8-9-15-28(34-17-16-33(23-34)22-24-13-11-10-12-14-24)29(35)32-21-25-18-26(30(2,3)4)20-27(19-25)31(5,6)7/h10-14,16-20,23,28H,8-9,15,21-22H2,1-7H3/p+1/t28-/m0/s1. The van der Waals surface area contributed by atoms with E-state index < -0.39 is 0 Å². The molecule has 4 heteroatoms. The molecular weight excluding hydrogens is 430 g/mol. The number of hydrogen-bond donors (Lipinski definition) is 1. The molecule has 0 fully saturated rings. The second-order valence-electron chi connectivity index (χ2n) is 11.8. The highest BCUT2D eigenvalue weighted by Gasteiger charge is 2.26. The van der Waals surface area contributed by atoms with E-state index in [1.807, 2.05) is 12.3 Å². The molecule has 2 aromatic carbocycles. The normalized spacial score (nSPS) is 13.0. The fourth-order valence-electron chi connectivity index (χ4n) is 4.26. The minimum atomic E-state index is -0.208. The Morgan fingerprint density at radius 1 is 0.943 bits per heavy atom. The summed E-state index contributed by atoms with van der Waals surface area (Å²) in [5, 5.41) is 3.25. The molecule has 0 bridgehead atoms. The third-order valence-electron chi connectivity index (χ3n) is 6.61. The van der Waals surface area contributed by atoms with Gasteiger partial charge in [0.1, 0.15) is 18.9 Å². The lowest BCUT2D eigenvalue weighted by molar-refractivity contribution is -0.687. The second-order valence-corrected chi connectivity index (χ2v) is 11.8. The molecule has 1 atom stereocenters. The summed E-state index contributed by atoms with van der Waals surface area (Å²) in [6.45, 7) is 17.0. The van der Waals surface area contributed by atoms with Crippen molar-refractivity contribution in [1.29, 1.82) is 0 Å². The maximum atomic E-state index is 13.4. The molecule has 3 aromatic rings. The number of nitrogens with one attached hydrogen (secondary N) is 1. The molecule has 0 aliphatic carbocycles. The summed E-state index contributed by atoms with van der Waals surface area (Å²) in [6, 6.07) is 17.0. The SMILES string of the molecule is CCCC[C@@H](C(=O)NCc1cc(C(C)(C)C)cc(C(C)(C)C)c1)n1cc[n+](Cc2ccccc2)c1. The van der Waals surface area contributed by atoms with Crippen LogP contribution in [0.3, 0.4) is 0 Å². The summed E-state index contributed by atoms with van der Waals surface area (Å²) >= 11 is 0. The van der Waals surface area contributed by atoms with Gasteiger partial charge >= 0.3 is 0 Å². The second kappa shape index (κ2) is 11.2. The van der Waals surface area contributed by atoms with Crippen LogP contribution in [0.4, 0.5) is 0 Å². The van der Waals surface area contributed by atoms with E-state index in [-0.39, 0.29) is 22.8 Å². The van der Waals surface area contributed by atoms with Crippen molar-refractivity contribution in [1.82, 2.24) is 9.88 Å². The monoisotopic (exact) mass is 474 g/mol. The zero-order chi connectivity index (χ0) is 25.6.